The van der Waals surface area contributed by atoms with Crippen LogP contribution in [0.2, 0.25) is 0 Å². The third kappa shape index (κ3) is 2.42. The molecule has 0 atom stereocenters. The topological polar surface area (TPSA) is 79.5 Å². The number of hydrogen-bond acceptors (Lipinski definition) is 5. The minimum Gasteiger partial charge on any atom is -0.478 e. The molecular weight excluding hydrogens is 258 g/mol. The Morgan fingerprint density at radius 2 is 2.20 bits per heavy atom. The molecule has 0 fully saturated rings. The Bertz CT molecular complexity index is 651. The molecule has 6 nitrogen and oxygen atoms in total. The standard InChI is InChI=1S/C14H15N3O3/c1-2-13-15-12(16-20-13)8-17-6-10-4-3-9(14(18)19)5-11(10)7-17/h3-5H,2,6-8H2,1H3,(H,18,19). The van der Waals surface area contributed by atoms with Crippen LogP contribution in [0.1, 0.15) is 40.1 Å². The van der Waals surface area contributed by atoms with Gasteiger partial charge < -0.3 is 9.63 Å². The summed E-state index contributed by atoms with van der Waals surface area (Å²) in [5.41, 5.74) is 2.55. The number of carboxylic acids is 1. The molecule has 6 heteroatoms. The third-order valence-corrected chi connectivity index (χ3v) is 3.42. The van der Waals surface area contributed by atoms with Gasteiger partial charge in [-0.05, 0) is 23.3 Å². The first-order valence-electron chi connectivity index (χ1n) is 6.54. The number of hydrogen-bond donors (Lipinski definition) is 1. The minimum absolute atomic E-state index is 0.332. The lowest BCUT2D eigenvalue weighted by molar-refractivity contribution is 0.0696. The summed E-state index contributed by atoms with van der Waals surface area (Å²) in [6.45, 7) is 4.08. The summed E-state index contributed by atoms with van der Waals surface area (Å²) in [6.07, 6.45) is 0.731. The third-order valence-electron chi connectivity index (χ3n) is 3.42. The predicted octanol–water partition coefficient (Wildman–Crippen LogP) is 1.85. The summed E-state index contributed by atoms with van der Waals surface area (Å²) in [6, 6.07) is 5.27. The van der Waals surface area contributed by atoms with Gasteiger partial charge in [0.15, 0.2) is 5.82 Å². The number of benzene rings is 1. The Morgan fingerprint density at radius 1 is 1.40 bits per heavy atom. The zero-order chi connectivity index (χ0) is 14.1. The molecule has 0 saturated heterocycles. The Balaban J connectivity index is 1.72. The number of aromatic nitrogens is 2. The van der Waals surface area contributed by atoms with Gasteiger partial charge >= 0.3 is 5.97 Å². The summed E-state index contributed by atoms with van der Waals surface area (Å²) in [5.74, 6) is 0.426. The van der Waals surface area contributed by atoms with E-state index in [9.17, 15) is 4.79 Å². The number of aryl methyl sites for hydroxylation is 1. The molecule has 2 heterocycles. The van der Waals surface area contributed by atoms with Crippen molar-refractivity contribution < 1.29 is 14.4 Å². The number of aromatic carboxylic acids is 1. The fourth-order valence-corrected chi connectivity index (χ4v) is 2.41. The van der Waals surface area contributed by atoms with E-state index in [-0.39, 0.29) is 0 Å². The number of carboxylic acid groups (broad SMARTS) is 1. The molecule has 1 aliphatic heterocycles. The number of carbonyl (C=O) groups is 1. The van der Waals surface area contributed by atoms with E-state index in [1.54, 1.807) is 12.1 Å². The normalized spacial score (nSPS) is 14.4. The number of rotatable bonds is 4. The van der Waals surface area contributed by atoms with Crippen LogP contribution >= 0.6 is 0 Å². The molecule has 1 N–H and O–H groups in total. The van der Waals surface area contributed by atoms with Gasteiger partial charge in [0.05, 0.1) is 12.1 Å². The molecule has 2 aromatic rings. The fraction of sp³-hybridized carbons (Fsp3) is 0.357. The van der Waals surface area contributed by atoms with E-state index in [1.807, 2.05) is 13.0 Å². The smallest absolute Gasteiger partial charge is 0.335 e. The molecule has 3 rings (SSSR count). The van der Waals surface area contributed by atoms with Gasteiger partial charge in [-0.25, -0.2) is 4.79 Å². The van der Waals surface area contributed by atoms with E-state index in [4.69, 9.17) is 9.63 Å². The molecule has 1 aliphatic rings. The van der Waals surface area contributed by atoms with Gasteiger partial charge in [-0.3, -0.25) is 4.90 Å². The molecule has 104 valence electrons. The fourth-order valence-electron chi connectivity index (χ4n) is 2.41. The lowest BCUT2D eigenvalue weighted by Crippen LogP contribution is -2.16. The van der Waals surface area contributed by atoms with Crippen LogP contribution in [-0.4, -0.2) is 26.1 Å². The highest BCUT2D eigenvalue weighted by atomic mass is 16.5. The Kier molecular flexibility index (Phi) is 3.23. The van der Waals surface area contributed by atoms with Crippen LogP contribution < -0.4 is 0 Å². The van der Waals surface area contributed by atoms with Gasteiger partial charge in [-0.2, -0.15) is 4.98 Å². The van der Waals surface area contributed by atoms with E-state index >= 15 is 0 Å². The van der Waals surface area contributed by atoms with Gasteiger partial charge in [0.25, 0.3) is 0 Å². The van der Waals surface area contributed by atoms with Crippen LogP contribution in [0.3, 0.4) is 0 Å². The van der Waals surface area contributed by atoms with Gasteiger partial charge in [-0.1, -0.05) is 18.1 Å². The Morgan fingerprint density at radius 3 is 2.90 bits per heavy atom. The van der Waals surface area contributed by atoms with E-state index in [1.165, 1.54) is 0 Å². The van der Waals surface area contributed by atoms with E-state index in [0.29, 0.717) is 30.4 Å². The second-order valence-electron chi connectivity index (χ2n) is 4.89. The van der Waals surface area contributed by atoms with Crippen molar-refractivity contribution in [2.45, 2.75) is 33.0 Å². The summed E-state index contributed by atoms with van der Waals surface area (Å²) in [4.78, 5) is 17.4. The molecular formula is C14H15N3O3. The molecule has 0 aliphatic carbocycles. The zero-order valence-corrected chi connectivity index (χ0v) is 11.2. The molecule has 20 heavy (non-hydrogen) atoms. The maximum atomic E-state index is 11.0. The summed E-state index contributed by atoms with van der Waals surface area (Å²) >= 11 is 0. The van der Waals surface area contributed by atoms with Gasteiger partial charge in [0.1, 0.15) is 0 Å². The van der Waals surface area contributed by atoms with E-state index in [2.05, 4.69) is 15.0 Å². The van der Waals surface area contributed by atoms with Crippen molar-refractivity contribution in [2.75, 3.05) is 0 Å². The van der Waals surface area contributed by atoms with Crippen LogP contribution in [0.15, 0.2) is 22.7 Å². The average Bonchev–Trinajstić information content (AvgIpc) is 3.03. The zero-order valence-electron chi connectivity index (χ0n) is 11.2. The van der Waals surface area contributed by atoms with Crippen molar-refractivity contribution in [3.05, 3.63) is 46.6 Å². The number of fused-ring (bicyclic) bond motifs is 1. The highest BCUT2D eigenvalue weighted by molar-refractivity contribution is 5.87. The SMILES string of the molecule is CCc1nc(CN2Cc3ccc(C(=O)O)cc3C2)no1. The first-order valence-corrected chi connectivity index (χ1v) is 6.54. The molecule has 0 amide bonds. The van der Waals surface area contributed by atoms with E-state index in [0.717, 1.165) is 24.1 Å². The van der Waals surface area contributed by atoms with Gasteiger partial charge in [0, 0.05) is 19.5 Å². The maximum absolute atomic E-state index is 11.0. The molecule has 0 radical (unpaired) electrons. The van der Waals surface area contributed by atoms with Crippen molar-refractivity contribution in [3.8, 4) is 0 Å². The molecule has 0 unspecified atom stereocenters. The Labute approximate surface area is 116 Å². The van der Waals surface area contributed by atoms with Crippen molar-refractivity contribution in [3.63, 3.8) is 0 Å². The molecule has 1 aromatic heterocycles. The summed E-state index contributed by atoms with van der Waals surface area (Å²) in [5, 5.41) is 12.9. The van der Waals surface area contributed by atoms with Crippen molar-refractivity contribution in [1.82, 2.24) is 15.0 Å². The maximum Gasteiger partial charge on any atom is 0.335 e. The predicted molar refractivity (Wildman–Crippen MR) is 70.0 cm³/mol. The van der Waals surface area contributed by atoms with Crippen LogP contribution in [0, 0.1) is 0 Å². The quantitative estimate of drug-likeness (QED) is 0.915. The molecule has 0 spiro atoms. The monoisotopic (exact) mass is 273 g/mol. The highest BCUT2D eigenvalue weighted by Gasteiger charge is 2.21. The largest absolute Gasteiger partial charge is 0.478 e. The van der Waals surface area contributed by atoms with Crippen LogP contribution in [0.4, 0.5) is 0 Å². The molecule has 0 saturated carbocycles. The summed E-state index contributed by atoms with van der Waals surface area (Å²) in [7, 11) is 0. The number of nitrogens with zero attached hydrogens (tertiary/aromatic N) is 3. The average molecular weight is 273 g/mol. The second kappa shape index (κ2) is 5.05. The van der Waals surface area contributed by atoms with E-state index < -0.39 is 5.97 Å². The Hall–Kier alpha value is -2.21. The van der Waals surface area contributed by atoms with Gasteiger partial charge in [-0.15, -0.1) is 0 Å². The molecule has 1 aromatic carbocycles. The lowest BCUT2D eigenvalue weighted by atomic mass is 10.1. The lowest BCUT2D eigenvalue weighted by Gasteiger charge is -2.10. The van der Waals surface area contributed by atoms with Crippen LogP contribution in [-0.2, 0) is 26.1 Å². The van der Waals surface area contributed by atoms with Crippen molar-refractivity contribution in [1.29, 1.82) is 0 Å². The highest BCUT2D eigenvalue weighted by Crippen LogP contribution is 2.25. The molecule has 0 bridgehead atoms. The van der Waals surface area contributed by atoms with Crippen molar-refractivity contribution in [2.24, 2.45) is 0 Å². The minimum atomic E-state index is -0.892. The first kappa shape index (κ1) is 12.8. The summed E-state index contributed by atoms with van der Waals surface area (Å²) < 4.78 is 5.09. The van der Waals surface area contributed by atoms with Crippen LogP contribution in [0.5, 0.6) is 0 Å². The second-order valence-corrected chi connectivity index (χ2v) is 4.89. The van der Waals surface area contributed by atoms with Crippen molar-refractivity contribution >= 4 is 5.97 Å². The van der Waals surface area contributed by atoms with Gasteiger partial charge in [0.2, 0.25) is 5.89 Å². The first-order chi connectivity index (χ1) is 9.65. The van der Waals surface area contributed by atoms with Crippen LogP contribution in [0.25, 0.3) is 0 Å².